The SMILES string of the molecule is CCC1(C)NC(=O)N(Cc2ccc(C#CCN)s2)C1=O. The van der Waals surface area contributed by atoms with Crippen LogP contribution in [0, 0.1) is 11.8 Å². The Kier molecular flexibility index (Phi) is 4.12. The number of nitrogens with two attached hydrogens (primary N) is 1. The second kappa shape index (κ2) is 5.65. The van der Waals surface area contributed by atoms with E-state index >= 15 is 0 Å². The molecule has 1 saturated heterocycles. The van der Waals surface area contributed by atoms with Crippen LogP contribution in [0.3, 0.4) is 0 Å². The number of nitrogens with zero attached hydrogens (tertiary/aromatic N) is 1. The molecular weight excluding hydrogens is 274 g/mol. The first-order chi connectivity index (χ1) is 9.50. The Labute approximate surface area is 122 Å². The van der Waals surface area contributed by atoms with E-state index in [1.54, 1.807) is 6.92 Å². The summed E-state index contributed by atoms with van der Waals surface area (Å²) in [6, 6.07) is 3.43. The number of hydrogen-bond acceptors (Lipinski definition) is 4. The molecule has 1 aromatic rings. The van der Waals surface area contributed by atoms with Gasteiger partial charge in [0.25, 0.3) is 5.91 Å². The minimum absolute atomic E-state index is 0.173. The van der Waals surface area contributed by atoms with Crippen LogP contribution in [0.4, 0.5) is 4.79 Å². The normalized spacial score (nSPS) is 21.6. The smallest absolute Gasteiger partial charge is 0.323 e. The van der Waals surface area contributed by atoms with Crippen LogP contribution in [-0.2, 0) is 11.3 Å². The Bertz CT molecular complexity index is 599. The minimum atomic E-state index is -0.781. The molecule has 2 rings (SSSR count). The van der Waals surface area contributed by atoms with E-state index in [2.05, 4.69) is 17.2 Å². The molecule has 0 saturated carbocycles. The third-order valence-electron chi connectivity index (χ3n) is 3.34. The average Bonchev–Trinajstić information content (AvgIpc) is 2.96. The lowest BCUT2D eigenvalue weighted by Gasteiger charge is -2.18. The standard InChI is InChI=1S/C14H17N3O2S/c1-3-14(2)12(18)17(13(19)16-14)9-11-7-6-10(20-11)5-4-8-15/h6-7H,3,8-9,15H2,1-2H3,(H,16,19). The molecule has 20 heavy (non-hydrogen) atoms. The molecular formula is C14H17N3O2S. The summed E-state index contributed by atoms with van der Waals surface area (Å²) in [7, 11) is 0. The van der Waals surface area contributed by atoms with Gasteiger partial charge in [0.2, 0.25) is 0 Å². The Balaban J connectivity index is 2.12. The molecule has 3 N–H and O–H groups in total. The molecule has 106 valence electrons. The van der Waals surface area contributed by atoms with Crippen LogP contribution >= 0.6 is 11.3 Å². The fourth-order valence-corrected chi connectivity index (χ4v) is 2.83. The van der Waals surface area contributed by atoms with Crippen molar-refractivity contribution >= 4 is 23.3 Å². The Morgan fingerprint density at radius 2 is 2.20 bits per heavy atom. The molecule has 1 aliphatic heterocycles. The quantitative estimate of drug-likeness (QED) is 0.650. The molecule has 1 fully saturated rings. The lowest BCUT2D eigenvalue weighted by molar-refractivity contribution is -0.131. The summed E-state index contributed by atoms with van der Waals surface area (Å²) in [5.74, 6) is 5.55. The van der Waals surface area contributed by atoms with E-state index in [9.17, 15) is 9.59 Å². The van der Waals surface area contributed by atoms with E-state index in [-0.39, 0.29) is 18.5 Å². The number of thiophene rings is 1. The molecule has 1 unspecified atom stereocenters. The highest BCUT2D eigenvalue weighted by molar-refractivity contribution is 7.12. The van der Waals surface area contributed by atoms with Crippen molar-refractivity contribution in [3.05, 3.63) is 21.9 Å². The largest absolute Gasteiger partial charge is 0.325 e. The lowest BCUT2D eigenvalue weighted by atomic mass is 9.99. The molecule has 0 aliphatic carbocycles. The van der Waals surface area contributed by atoms with E-state index in [1.165, 1.54) is 16.2 Å². The Morgan fingerprint density at radius 3 is 2.80 bits per heavy atom. The summed E-state index contributed by atoms with van der Waals surface area (Å²) in [4.78, 5) is 27.2. The molecule has 0 spiro atoms. The average molecular weight is 291 g/mol. The van der Waals surface area contributed by atoms with Crippen molar-refractivity contribution in [2.24, 2.45) is 5.73 Å². The number of hydrogen-bond donors (Lipinski definition) is 2. The number of nitrogens with one attached hydrogen (secondary N) is 1. The molecule has 1 aliphatic rings. The predicted molar refractivity (Wildman–Crippen MR) is 78.0 cm³/mol. The van der Waals surface area contributed by atoms with Crippen molar-refractivity contribution in [3.63, 3.8) is 0 Å². The molecule has 1 atom stereocenters. The first-order valence-electron chi connectivity index (χ1n) is 6.42. The third-order valence-corrected chi connectivity index (χ3v) is 4.33. The minimum Gasteiger partial charge on any atom is -0.323 e. The molecule has 0 aromatic carbocycles. The van der Waals surface area contributed by atoms with Crippen molar-refractivity contribution < 1.29 is 9.59 Å². The van der Waals surface area contributed by atoms with Crippen molar-refractivity contribution in [1.29, 1.82) is 0 Å². The number of carbonyl (C=O) groups excluding carboxylic acids is 2. The van der Waals surface area contributed by atoms with Crippen LogP contribution < -0.4 is 11.1 Å². The van der Waals surface area contributed by atoms with E-state index < -0.39 is 5.54 Å². The maximum atomic E-state index is 12.3. The molecule has 3 amide bonds. The van der Waals surface area contributed by atoms with Crippen LogP contribution in [0.2, 0.25) is 0 Å². The predicted octanol–water partition coefficient (Wildman–Crippen LogP) is 1.28. The van der Waals surface area contributed by atoms with E-state index in [0.29, 0.717) is 13.0 Å². The topological polar surface area (TPSA) is 75.4 Å². The molecule has 6 heteroatoms. The fraction of sp³-hybridized carbons (Fsp3) is 0.429. The first-order valence-corrected chi connectivity index (χ1v) is 7.23. The van der Waals surface area contributed by atoms with Gasteiger partial charge in [-0.1, -0.05) is 18.8 Å². The summed E-state index contributed by atoms with van der Waals surface area (Å²) < 4.78 is 0. The Hall–Kier alpha value is -1.84. The van der Waals surface area contributed by atoms with Crippen LogP contribution in [-0.4, -0.2) is 28.9 Å². The zero-order chi connectivity index (χ0) is 14.8. The summed E-state index contributed by atoms with van der Waals surface area (Å²) in [6.45, 7) is 4.23. The maximum absolute atomic E-state index is 12.3. The second-order valence-corrected chi connectivity index (χ2v) is 5.95. The first kappa shape index (κ1) is 14.6. The zero-order valence-corrected chi connectivity index (χ0v) is 12.3. The summed E-state index contributed by atoms with van der Waals surface area (Å²) in [5.41, 5.74) is 4.54. The van der Waals surface area contributed by atoms with Gasteiger partial charge in [0.1, 0.15) is 5.54 Å². The van der Waals surface area contributed by atoms with Crippen molar-refractivity contribution in [3.8, 4) is 11.8 Å². The zero-order valence-electron chi connectivity index (χ0n) is 11.5. The van der Waals surface area contributed by atoms with Crippen molar-refractivity contribution in [2.45, 2.75) is 32.4 Å². The third kappa shape index (κ3) is 2.69. The van der Waals surface area contributed by atoms with Crippen molar-refractivity contribution in [2.75, 3.05) is 6.54 Å². The molecule has 0 bridgehead atoms. The Morgan fingerprint density at radius 1 is 1.45 bits per heavy atom. The number of imide groups is 1. The summed E-state index contributed by atoms with van der Waals surface area (Å²) >= 11 is 1.47. The highest BCUT2D eigenvalue weighted by Crippen LogP contribution is 2.25. The van der Waals surface area contributed by atoms with Crippen LogP contribution in [0.25, 0.3) is 0 Å². The number of carbonyl (C=O) groups is 2. The number of amides is 3. The van der Waals surface area contributed by atoms with Gasteiger partial charge >= 0.3 is 6.03 Å². The van der Waals surface area contributed by atoms with Gasteiger partial charge in [0.15, 0.2) is 0 Å². The molecule has 1 aromatic heterocycles. The summed E-state index contributed by atoms with van der Waals surface area (Å²) in [6.07, 6.45) is 0.575. The van der Waals surface area contributed by atoms with Gasteiger partial charge in [-0.25, -0.2) is 4.79 Å². The molecule has 0 radical (unpaired) electrons. The monoisotopic (exact) mass is 291 g/mol. The highest BCUT2D eigenvalue weighted by atomic mass is 32.1. The van der Waals surface area contributed by atoms with E-state index in [0.717, 1.165) is 9.75 Å². The van der Waals surface area contributed by atoms with Crippen LogP contribution in [0.15, 0.2) is 12.1 Å². The van der Waals surface area contributed by atoms with Gasteiger partial charge in [-0.2, -0.15) is 0 Å². The fourth-order valence-electron chi connectivity index (χ4n) is 1.95. The molecule has 5 nitrogen and oxygen atoms in total. The van der Waals surface area contributed by atoms with Crippen LogP contribution in [0.5, 0.6) is 0 Å². The maximum Gasteiger partial charge on any atom is 0.325 e. The lowest BCUT2D eigenvalue weighted by Crippen LogP contribution is -2.43. The van der Waals surface area contributed by atoms with Crippen molar-refractivity contribution in [1.82, 2.24) is 10.2 Å². The van der Waals surface area contributed by atoms with Gasteiger partial charge in [0, 0.05) is 4.88 Å². The van der Waals surface area contributed by atoms with Gasteiger partial charge in [-0.05, 0) is 25.5 Å². The van der Waals surface area contributed by atoms with Gasteiger partial charge in [0.05, 0.1) is 18.0 Å². The molecule has 2 heterocycles. The number of urea groups is 1. The number of rotatable bonds is 3. The highest BCUT2D eigenvalue weighted by Gasteiger charge is 2.46. The second-order valence-electron chi connectivity index (χ2n) is 4.78. The summed E-state index contributed by atoms with van der Waals surface area (Å²) in [5, 5.41) is 2.74. The van der Waals surface area contributed by atoms with Gasteiger partial charge < -0.3 is 11.1 Å². The van der Waals surface area contributed by atoms with Gasteiger partial charge in [-0.15, -0.1) is 11.3 Å². The van der Waals surface area contributed by atoms with Gasteiger partial charge in [-0.3, -0.25) is 9.69 Å². The van der Waals surface area contributed by atoms with Crippen LogP contribution in [0.1, 0.15) is 30.0 Å². The van der Waals surface area contributed by atoms with E-state index in [1.807, 2.05) is 19.1 Å². The van der Waals surface area contributed by atoms with E-state index in [4.69, 9.17) is 5.73 Å².